The number of halogens is 3. The lowest BCUT2D eigenvalue weighted by Gasteiger charge is -2.34. The molecule has 2 aromatic rings. The first-order valence-corrected chi connectivity index (χ1v) is 12.4. The monoisotopic (exact) mass is 515 g/mol. The number of piperidine rings is 1. The van der Waals surface area contributed by atoms with Crippen molar-refractivity contribution in [2.45, 2.75) is 38.3 Å². The zero-order valence-corrected chi connectivity index (χ0v) is 20.8. The van der Waals surface area contributed by atoms with Gasteiger partial charge in [0.25, 0.3) is 0 Å². The van der Waals surface area contributed by atoms with E-state index in [4.69, 9.17) is 10.5 Å². The molecule has 0 radical (unpaired) electrons. The zero-order chi connectivity index (χ0) is 26.4. The summed E-state index contributed by atoms with van der Waals surface area (Å²) in [7, 11) is 0. The summed E-state index contributed by atoms with van der Waals surface area (Å²) < 4.78 is 46.5. The Balaban J connectivity index is 1.26. The van der Waals surface area contributed by atoms with Gasteiger partial charge in [0.05, 0.1) is 30.9 Å². The number of nitrogens with two attached hydrogens (primary N) is 1. The highest BCUT2D eigenvalue weighted by atomic mass is 19.1. The Hall–Kier alpha value is -3.47. The van der Waals surface area contributed by atoms with Crippen LogP contribution in [-0.4, -0.2) is 58.3 Å². The molecule has 0 amide bonds. The van der Waals surface area contributed by atoms with E-state index in [1.54, 1.807) is 12.4 Å². The van der Waals surface area contributed by atoms with Crippen molar-refractivity contribution in [2.75, 3.05) is 36.0 Å². The van der Waals surface area contributed by atoms with Gasteiger partial charge in [-0.3, -0.25) is 0 Å². The van der Waals surface area contributed by atoms with Gasteiger partial charge in [-0.05, 0) is 49.8 Å². The van der Waals surface area contributed by atoms with Gasteiger partial charge in [-0.15, -0.1) is 0 Å². The van der Waals surface area contributed by atoms with E-state index in [0.29, 0.717) is 36.7 Å². The molecule has 198 valence electrons. The molecule has 8 nitrogen and oxygen atoms in total. The van der Waals surface area contributed by atoms with E-state index in [1.165, 1.54) is 12.4 Å². The van der Waals surface area contributed by atoms with Crippen molar-refractivity contribution < 1.29 is 17.9 Å². The van der Waals surface area contributed by atoms with Gasteiger partial charge >= 0.3 is 0 Å². The van der Waals surface area contributed by atoms with E-state index >= 15 is 0 Å². The summed E-state index contributed by atoms with van der Waals surface area (Å²) in [6.07, 6.45) is 10.7. The van der Waals surface area contributed by atoms with Crippen molar-refractivity contribution in [1.29, 1.82) is 0 Å². The van der Waals surface area contributed by atoms with E-state index in [0.717, 1.165) is 44.2 Å². The number of anilines is 2. The normalized spacial score (nSPS) is 22.3. The van der Waals surface area contributed by atoms with E-state index in [9.17, 15) is 13.2 Å². The maximum atomic E-state index is 14.2. The third kappa shape index (κ3) is 7.06. The number of allylic oxidation sites excluding steroid dienone is 5. The summed E-state index contributed by atoms with van der Waals surface area (Å²) in [6, 6.07) is -0.252. The first-order chi connectivity index (χ1) is 17.8. The molecule has 2 saturated heterocycles. The molecule has 2 fully saturated rings. The Bertz CT molecular complexity index is 1100. The molecule has 0 aromatic carbocycles. The fourth-order valence-corrected chi connectivity index (χ4v) is 4.71. The Kier molecular flexibility index (Phi) is 8.75. The molecule has 0 saturated carbocycles. The average molecular weight is 516 g/mol. The zero-order valence-electron chi connectivity index (χ0n) is 20.8. The van der Waals surface area contributed by atoms with E-state index < -0.39 is 17.5 Å². The molecule has 2 N–H and O–H groups in total. The molecular formula is C26H32F3N7O. The van der Waals surface area contributed by atoms with Crippen LogP contribution in [0.3, 0.4) is 0 Å². The van der Waals surface area contributed by atoms with Gasteiger partial charge in [-0.2, -0.15) is 0 Å². The van der Waals surface area contributed by atoms with Crippen molar-refractivity contribution in [3.8, 4) is 5.75 Å². The summed E-state index contributed by atoms with van der Waals surface area (Å²) >= 11 is 0. The average Bonchev–Trinajstić information content (AvgIpc) is 3.27. The van der Waals surface area contributed by atoms with Crippen LogP contribution >= 0.6 is 0 Å². The van der Waals surface area contributed by atoms with E-state index in [1.807, 2.05) is 16.7 Å². The minimum atomic E-state index is -0.595. The molecule has 4 rings (SSSR count). The molecule has 2 aliphatic heterocycles. The SMILES string of the molecule is C=C/C(F)=C\C=C(\F)C[C@H]1CN(c2ncc(O[C@@H](C)C3CCN(c4ncc(F)cn4)CC3)cn2)C[C@@H]1N. The standard InChI is InChI=1S/C26H32F3N7O/c1-3-20(27)4-5-21(28)10-19-15-36(16-24(19)30)26-33-13-23(14-34-26)37-17(2)18-6-8-35(9-7-18)25-31-11-22(29)12-32-25/h3-5,11-14,17-19,24H,1,6-10,15-16,30H2,2H3/b20-4+,21-5+/t17-,19-,24-/m0/s1. The molecular weight excluding hydrogens is 483 g/mol. The highest BCUT2D eigenvalue weighted by Crippen LogP contribution is 2.28. The van der Waals surface area contributed by atoms with Crippen molar-refractivity contribution >= 4 is 11.9 Å². The molecule has 0 spiro atoms. The minimum Gasteiger partial charge on any atom is -0.487 e. The Morgan fingerprint density at radius 3 is 2.32 bits per heavy atom. The lowest BCUT2D eigenvalue weighted by Crippen LogP contribution is -2.39. The minimum absolute atomic E-state index is 0.0370. The summed E-state index contributed by atoms with van der Waals surface area (Å²) in [5.74, 6) is 0.347. The van der Waals surface area contributed by atoms with Gasteiger partial charge < -0.3 is 20.3 Å². The summed E-state index contributed by atoms with van der Waals surface area (Å²) in [6.45, 7) is 7.87. The molecule has 0 bridgehead atoms. The fourth-order valence-electron chi connectivity index (χ4n) is 4.71. The second-order valence-corrected chi connectivity index (χ2v) is 9.47. The number of hydrogen-bond acceptors (Lipinski definition) is 8. The molecule has 2 aliphatic rings. The highest BCUT2D eigenvalue weighted by Gasteiger charge is 2.32. The van der Waals surface area contributed by atoms with Crippen molar-refractivity contribution in [2.24, 2.45) is 17.6 Å². The highest BCUT2D eigenvalue weighted by molar-refractivity contribution is 5.35. The number of aromatic nitrogens is 4. The smallest absolute Gasteiger partial charge is 0.225 e. The topological polar surface area (TPSA) is 93.3 Å². The fraction of sp³-hybridized carbons (Fsp3) is 0.462. The molecule has 4 heterocycles. The molecule has 2 aromatic heterocycles. The second kappa shape index (κ2) is 12.2. The van der Waals surface area contributed by atoms with E-state index in [2.05, 4.69) is 26.5 Å². The Labute approximate surface area is 214 Å². The maximum absolute atomic E-state index is 14.2. The van der Waals surface area contributed by atoms with Crippen LogP contribution in [0.2, 0.25) is 0 Å². The van der Waals surface area contributed by atoms with Crippen LogP contribution < -0.4 is 20.3 Å². The first-order valence-electron chi connectivity index (χ1n) is 12.4. The second-order valence-electron chi connectivity index (χ2n) is 9.47. The van der Waals surface area contributed by atoms with Gasteiger partial charge in [0.2, 0.25) is 11.9 Å². The van der Waals surface area contributed by atoms with E-state index in [-0.39, 0.29) is 24.5 Å². The van der Waals surface area contributed by atoms with Crippen LogP contribution in [0, 0.1) is 17.7 Å². The summed E-state index contributed by atoms with van der Waals surface area (Å²) in [5.41, 5.74) is 6.22. The van der Waals surface area contributed by atoms with Crippen molar-refractivity contribution in [1.82, 2.24) is 19.9 Å². The van der Waals surface area contributed by atoms with Gasteiger partial charge in [0.1, 0.15) is 11.7 Å². The quantitative estimate of drug-likeness (QED) is 0.499. The first kappa shape index (κ1) is 26.6. The Morgan fingerprint density at radius 2 is 1.68 bits per heavy atom. The van der Waals surface area contributed by atoms with Crippen LogP contribution in [0.4, 0.5) is 25.1 Å². The maximum Gasteiger partial charge on any atom is 0.225 e. The molecule has 0 aliphatic carbocycles. The molecule has 0 unspecified atom stereocenters. The lowest BCUT2D eigenvalue weighted by atomic mass is 9.92. The van der Waals surface area contributed by atoms with Crippen molar-refractivity contribution in [3.05, 3.63) is 67.1 Å². The van der Waals surface area contributed by atoms with Crippen LogP contribution in [0.25, 0.3) is 0 Å². The third-order valence-corrected chi connectivity index (χ3v) is 6.88. The largest absolute Gasteiger partial charge is 0.487 e. The van der Waals surface area contributed by atoms with Gasteiger partial charge in [0, 0.05) is 38.6 Å². The van der Waals surface area contributed by atoms with Crippen LogP contribution in [0.5, 0.6) is 5.75 Å². The number of rotatable bonds is 9. The molecule has 37 heavy (non-hydrogen) atoms. The summed E-state index contributed by atoms with van der Waals surface area (Å²) in [4.78, 5) is 21.0. The number of ether oxygens (including phenoxy) is 1. The summed E-state index contributed by atoms with van der Waals surface area (Å²) in [5, 5.41) is 0. The van der Waals surface area contributed by atoms with Gasteiger partial charge in [-0.1, -0.05) is 6.58 Å². The predicted molar refractivity (Wildman–Crippen MR) is 136 cm³/mol. The van der Waals surface area contributed by atoms with Gasteiger partial charge in [0.15, 0.2) is 11.6 Å². The van der Waals surface area contributed by atoms with Crippen LogP contribution in [0.15, 0.2) is 61.2 Å². The van der Waals surface area contributed by atoms with Crippen LogP contribution in [0.1, 0.15) is 26.2 Å². The molecule has 11 heteroatoms. The van der Waals surface area contributed by atoms with Crippen molar-refractivity contribution in [3.63, 3.8) is 0 Å². The number of nitrogens with zero attached hydrogens (tertiary/aromatic N) is 6. The van der Waals surface area contributed by atoms with Gasteiger partial charge in [-0.25, -0.2) is 33.1 Å². The lowest BCUT2D eigenvalue weighted by molar-refractivity contribution is 0.132. The van der Waals surface area contributed by atoms with Crippen LogP contribution in [-0.2, 0) is 0 Å². The number of hydrogen-bond donors (Lipinski definition) is 1. The predicted octanol–water partition coefficient (Wildman–Crippen LogP) is 4.14. The Morgan fingerprint density at radius 1 is 1.05 bits per heavy atom. The third-order valence-electron chi connectivity index (χ3n) is 6.88. The molecule has 3 atom stereocenters.